The second kappa shape index (κ2) is 18.7. The Kier molecular flexibility index (Phi) is 17.2. The number of unbranched alkanes of at least 4 members (excludes halogenated alkanes) is 11. The Morgan fingerprint density at radius 1 is 0.879 bits per heavy atom. The van der Waals surface area contributed by atoms with Gasteiger partial charge in [0.25, 0.3) is 0 Å². The molecule has 33 heavy (non-hydrogen) atoms. The second-order valence-corrected chi connectivity index (χ2v) is 11.5. The van der Waals surface area contributed by atoms with E-state index in [0.717, 1.165) is 25.2 Å². The molecule has 0 unspecified atom stereocenters. The van der Waals surface area contributed by atoms with Gasteiger partial charge in [0, 0.05) is 0 Å². The molecule has 7 nitrogen and oxygen atoms in total. The lowest BCUT2D eigenvalue weighted by Crippen LogP contribution is -2.41. The summed E-state index contributed by atoms with van der Waals surface area (Å²) < 4.78 is 20.5. The van der Waals surface area contributed by atoms with E-state index in [9.17, 15) is 9.36 Å². The third kappa shape index (κ3) is 18.4. The normalized spacial score (nSPS) is 20.6. The Bertz CT molecular complexity index is 510. The molecule has 0 aromatic heterocycles. The van der Waals surface area contributed by atoms with Crippen LogP contribution in [0.15, 0.2) is 0 Å². The van der Waals surface area contributed by atoms with Crippen molar-refractivity contribution >= 4 is 13.8 Å². The van der Waals surface area contributed by atoms with Crippen LogP contribution in [0.3, 0.4) is 0 Å². The highest BCUT2D eigenvalue weighted by Gasteiger charge is 2.24. The molecule has 0 radical (unpaired) electrons. The van der Waals surface area contributed by atoms with Gasteiger partial charge in [-0.1, -0.05) is 77.6 Å². The number of hydrogen-bond acceptors (Lipinski definition) is 5. The minimum Gasteiger partial charge on any atom is -0.434 e. The Balaban J connectivity index is 0.000000554. The molecule has 196 valence electrons. The summed E-state index contributed by atoms with van der Waals surface area (Å²) in [5.41, 5.74) is 0. The molecule has 3 saturated heterocycles. The fourth-order valence-corrected chi connectivity index (χ4v) is 5.28. The number of nitrogens with zero attached hydrogens (tertiary/aromatic N) is 1. The molecule has 3 heterocycles. The summed E-state index contributed by atoms with van der Waals surface area (Å²) in [5.74, 6) is 1.11. The maximum Gasteiger partial charge on any atom is 0.508 e. The largest absolute Gasteiger partial charge is 0.508 e. The quantitative estimate of drug-likeness (QED) is 0.144. The van der Waals surface area contributed by atoms with E-state index in [4.69, 9.17) is 19.3 Å². The topological polar surface area (TPSA) is 96.3 Å². The van der Waals surface area contributed by atoms with Crippen LogP contribution in [0.5, 0.6) is 0 Å². The Morgan fingerprint density at radius 3 is 1.70 bits per heavy atom. The number of piperidine rings is 3. The third-order valence-electron chi connectivity index (χ3n) is 6.57. The summed E-state index contributed by atoms with van der Waals surface area (Å²) in [5, 5.41) is 0. The molecule has 0 spiro atoms. The van der Waals surface area contributed by atoms with Crippen molar-refractivity contribution in [2.24, 2.45) is 5.92 Å². The summed E-state index contributed by atoms with van der Waals surface area (Å²) >= 11 is 0. The van der Waals surface area contributed by atoms with Gasteiger partial charge in [0.05, 0.1) is 12.8 Å². The van der Waals surface area contributed by atoms with Crippen LogP contribution in [-0.4, -0.2) is 59.3 Å². The zero-order valence-corrected chi connectivity index (χ0v) is 22.1. The summed E-state index contributed by atoms with van der Waals surface area (Å²) in [6.45, 7) is 8.14. The molecule has 3 rings (SSSR count). The minimum atomic E-state index is -4.17. The van der Waals surface area contributed by atoms with Crippen LogP contribution >= 0.6 is 7.60 Å². The van der Waals surface area contributed by atoms with E-state index in [2.05, 4.69) is 11.8 Å². The van der Waals surface area contributed by atoms with E-state index in [1.807, 2.05) is 0 Å². The van der Waals surface area contributed by atoms with Crippen molar-refractivity contribution in [3.63, 3.8) is 0 Å². The van der Waals surface area contributed by atoms with Crippen molar-refractivity contribution in [3.8, 4) is 0 Å². The van der Waals surface area contributed by atoms with Gasteiger partial charge in [-0.3, -0.25) is 4.57 Å². The number of ether oxygens (including phenoxy) is 2. The predicted molar refractivity (Wildman–Crippen MR) is 134 cm³/mol. The van der Waals surface area contributed by atoms with Gasteiger partial charge in [-0.05, 0) is 58.2 Å². The zero-order valence-electron chi connectivity index (χ0n) is 21.2. The zero-order chi connectivity index (χ0) is 24.4. The number of carbonyl (C=O) groups excluding carboxylic acids is 1. The lowest BCUT2D eigenvalue weighted by atomic mass is 9.89. The van der Waals surface area contributed by atoms with Crippen LogP contribution in [-0.2, 0) is 14.0 Å². The molecule has 2 bridgehead atoms. The highest BCUT2D eigenvalue weighted by atomic mass is 31.2. The number of rotatable bonds is 16. The van der Waals surface area contributed by atoms with Crippen LogP contribution in [0.2, 0.25) is 0 Å². The molecule has 1 atom stereocenters. The second-order valence-electron chi connectivity index (χ2n) is 9.84. The molecule has 2 N–H and O–H groups in total. The average molecular weight is 492 g/mol. The summed E-state index contributed by atoms with van der Waals surface area (Å²) in [4.78, 5) is 31.5. The molecule has 0 aromatic carbocycles. The third-order valence-corrected chi connectivity index (χ3v) is 7.56. The molecule has 0 saturated carbocycles. The number of fused-ring (bicyclic) bond motifs is 3. The smallest absolute Gasteiger partial charge is 0.434 e. The Hall–Kier alpha value is -0.620. The predicted octanol–water partition coefficient (Wildman–Crippen LogP) is 6.51. The van der Waals surface area contributed by atoms with Gasteiger partial charge in [-0.2, -0.15) is 0 Å². The standard InChI is InChI=1S/C18H37O6P.C7H13N/c1-3-4-5-6-7-8-9-10-11-12-13-14-15-23-18(19)24-17(2)16-25(20,21)22;1-4-8-5-2-7(1)3-6-8/h17H,3-16H2,1-2H3,(H2,20,21,22);7H,1-6H2/t17-;/m1./s1. The van der Waals surface area contributed by atoms with E-state index < -0.39 is 26.0 Å². The Morgan fingerprint density at radius 2 is 1.33 bits per heavy atom. The van der Waals surface area contributed by atoms with E-state index >= 15 is 0 Å². The first-order valence-electron chi connectivity index (χ1n) is 13.4. The highest BCUT2D eigenvalue weighted by Crippen LogP contribution is 2.35. The molecule has 0 aliphatic carbocycles. The van der Waals surface area contributed by atoms with Gasteiger partial charge in [0.1, 0.15) is 6.10 Å². The Labute approximate surface area is 202 Å². The lowest BCUT2D eigenvalue weighted by Gasteiger charge is -2.38. The van der Waals surface area contributed by atoms with Gasteiger partial charge >= 0.3 is 13.8 Å². The molecular weight excluding hydrogens is 441 g/mol. The monoisotopic (exact) mass is 491 g/mol. The van der Waals surface area contributed by atoms with E-state index in [-0.39, 0.29) is 0 Å². The van der Waals surface area contributed by atoms with Gasteiger partial charge in [0.2, 0.25) is 0 Å². The molecule has 3 aliphatic heterocycles. The van der Waals surface area contributed by atoms with Crippen LogP contribution in [0.4, 0.5) is 4.79 Å². The van der Waals surface area contributed by atoms with Crippen molar-refractivity contribution in [1.82, 2.24) is 4.90 Å². The molecule has 8 heteroatoms. The van der Waals surface area contributed by atoms with Crippen LogP contribution < -0.4 is 0 Å². The van der Waals surface area contributed by atoms with Crippen molar-refractivity contribution < 1.29 is 28.6 Å². The molecule has 3 aliphatic rings. The fraction of sp³-hybridized carbons (Fsp3) is 0.960. The van der Waals surface area contributed by atoms with Gasteiger partial charge in [-0.25, -0.2) is 4.79 Å². The van der Waals surface area contributed by atoms with Crippen molar-refractivity contribution in [2.75, 3.05) is 32.4 Å². The maximum atomic E-state index is 11.3. The maximum absolute atomic E-state index is 11.3. The summed E-state index contributed by atoms with van der Waals surface area (Å²) in [7, 11) is -4.17. The van der Waals surface area contributed by atoms with Crippen LogP contribution in [0, 0.1) is 5.92 Å². The minimum absolute atomic E-state index is 0.291. The first-order valence-corrected chi connectivity index (χ1v) is 15.2. The first-order chi connectivity index (χ1) is 15.8. The van der Waals surface area contributed by atoms with Gasteiger partial charge < -0.3 is 24.2 Å². The summed E-state index contributed by atoms with van der Waals surface area (Å²) in [6, 6.07) is 0. The van der Waals surface area contributed by atoms with Crippen molar-refractivity contribution in [1.29, 1.82) is 0 Å². The van der Waals surface area contributed by atoms with Gasteiger partial charge in [-0.15, -0.1) is 0 Å². The van der Waals surface area contributed by atoms with E-state index in [0.29, 0.717) is 6.61 Å². The van der Waals surface area contributed by atoms with Crippen molar-refractivity contribution in [3.05, 3.63) is 0 Å². The number of carbonyl (C=O) groups is 1. The van der Waals surface area contributed by atoms with Gasteiger partial charge in [0.15, 0.2) is 0 Å². The molecule has 3 fully saturated rings. The van der Waals surface area contributed by atoms with E-state index in [1.165, 1.54) is 104 Å². The van der Waals surface area contributed by atoms with Crippen molar-refractivity contribution in [2.45, 2.75) is 116 Å². The molecular formula is C25H50NO6P. The van der Waals surface area contributed by atoms with E-state index in [1.54, 1.807) is 0 Å². The lowest BCUT2D eigenvalue weighted by molar-refractivity contribution is 0.0335. The molecule has 0 aromatic rings. The van der Waals surface area contributed by atoms with Crippen LogP contribution in [0.25, 0.3) is 0 Å². The average Bonchev–Trinajstić information content (AvgIpc) is 2.77. The molecule has 0 amide bonds. The fourth-order valence-electron chi connectivity index (χ4n) is 4.53. The SMILES string of the molecule is C1CN2CCC1CC2.CCCCCCCCCCCCCCOC(=O)O[C@H](C)CP(=O)(O)O. The first kappa shape index (κ1) is 30.4. The number of hydrogen-bond donors (Lipinski definition) is 2. The highest BCUT2D eigenvalue weighted by molar-refractivity contribution is 7.51. The van der Waals surface area contributed by atoms with Crippen LogP contribution in [0.1, 0.15) is 110 Å². The summed E-state index contributed by atoms with van der Waals surface area (Å²) in [6.07, 6.45) is 17.1.